The maximum absolute atomic E-state index is 13.8. The SMILES string of the molecule is CNCc1cc(F)c(F)c(S(=O)(=O)NC(C)CC(C)C)c1. The fourth-order valence-corrected chi connectivity index (χ4v) is 3.60. The first-order valence-electron chi connectivity index (χ1n) is 6.82. The highest BCUT2D eigenvalue weighted by molar-refractivity contribution is 7.89. The summed E-state index contributed by atoms with van der Waals surface area (Å²) in [7, 11) is -2.45. The molecular formula is C14H22F2N2O2S. The third-order valence-corrected chi connectivity index (χ3v) is 4.50. The lowest BCUT2D eigenvalue weighted by atomic mass is 10.1. The van der Waals surface area contributed by atoms with E-state index in [4.69, 9.17) is 0 Å². The third kappa shape index (κ3) is 5.01. The van der Waals surface area contributed by atoms with Gasteiger partial charge in [-0.3, -0.25) is 0 Å². The largest absolute Gasteiger partial charge is 0.316 e. The highest BCUT2D eigenvalue weighted by atomic mass is 32.2. The van der Waals surface area contributed by atoms with E-state index in [0.29, 0.717) is 17.9 Å². The predicted octanol–water partition coefficient (Wildman–Crippen LogP) is 2.40. The second-order valence-corrected chi connectivity index (χ2v) is 7.25. The highest BCUT2D eigenvalue weighted by Gasteiger charge is 2.24. The fourth-order valence-electron chi connectivity index (χ4n) is 2.20. The molecule has 7 heteroatoms. The van der Waals surface area contributed by atoms with Gasteiger partial charge < -0.3 is 5.32 Å². The predicted molar refractivity (Wildman–Crippen MR) is 78.4 cm³/mol. The van der Waals surface area contributed by atoms with Crippen molar-refractivity contribution in [3.05, 3.63) is 29.3 Å². The van der Waals surface area contributed by atoms with Gasteiger partial charge in [-0.1, -0.05) is 13.8 Å². The molecule has 0 saturated heterocycles. The van der Waals surface area contributed by atoms with E-state index in [1.807, 2.05) is 13.8 Å². The van der Waals surface area contributed by atoms with Gasteiger partial charge in [0.2, 0.25) is 10.0 Å². The number of sulfonamides is 1. The lowest BCUT2D eigenvalue weighted by molar-refractivity contribution is 0.466. The average Bonchev–Trinajstić information content (AvgIpc) is 2.31. The van der Waals surface area contributed by atoms with Crippen molar-refractivity contribution in [2.75, 3.05) is 7.05 Å². The lowest BCUT2D eigenvalue weighted by Gasteiger charge is -2.17. The first-order valence-corrected chi connectivity index (χ1v) is 8.30. The summed E-state index contributed by atoms with van der Waals surface area (Å²) in [5.41, 5.74) is 0.369. The van der Waals surface area contributed by atoms with Crippen LogP contribution < -0.4 is 10.0 Å². The van der Waals surface area contributed by atoms with Crippen LogP contribution in [0.15, 0.2) is 17.0 Å². The van der Waals surface area contributed by atoms with Crippen molar-refractivity contribution in [1.29, 1.82) is 0 Å². The Morgan fingerprint density at radius 2 is 1.81 bits per heavy atom. The summed E-state index contributed by atoms with van der Waals surface area (Å²) in [6, 6.07) is 1.78. The molecule has 1 unspecified atom stereocenters. The Hall–Kier alpha value is -1.05. The molecule has 0 aliphatic heterocycles. The number of benzene rings is 1. The lowest BCUT2D eigenvalue weighted by Crippen LogP contribution is -2.34. The van der Waals surface area contributed by atoms with E-state index in [-0.39, 0.29) is 12.6 Å². The van der Waals surface area contributed by atoms with Crippen LogP contribution >= 0.6 is 0 Å². The van der Waals surface area contributed by atoms with Gasteiger partial charge in [0.1, 0.15) is 4.90 Å². The van der Waals surface area contributed by atoms with Crippen molar-refractivity contribution in [2.45, 2.75) is 44.7 Å². The van der Waals surface area contributed by atoms with E-state index in [1.54, 1.807) is 14.0 Å². The third-order valence-electron chi connectivity index (χ3n) is 2.91. The number of nitrogens with one attached hydrogen (secondary N) is 2. The van der Waals surface area contributed by atoms with Crippen LogP contribution in [0.3, 0.4) is 0 Å². The van der Waals surface area contributed by atoms with Crippen LogP contribution in [-0.2, 0) is 16.6 Å². The van der Waals surface area contributed by atoms with Crippen molar-refractivity contribution < 1.29 is 17.2 Å². The molecule has 0 spiro atoms. The molecule has 4 nitrogen and oxygen atoms in total. The van der Waals surface area contributed by atoms with Crippen LogP contribution in [0.1, 0.15) is 32.8 Å². The minimum absolute atomic E-state index is 0.251. The molecule has 120 valence electrons. The Balaban J connectivity index is 3.12. The summed E-state index contributed by atoms with van der Waals surface area (Å²) in [6.07, 6.45) is 0.611. The zero-order chi connectivity index (χ0) is 16.2. The molecule has 0 saturated carbocycles. The minimum Gasteiger partial charge on any atom is -0.316 e. The molecule has 0 fully saturated rings. The van der Waals surface area contributed by atoms with Crippen LogP contribution in [0.25, 0.3) is 0 Å². The Kier molecular flexibility index (Phi) is 6.24. The zero-order valence-corrected chi connectivity index (χ0v) is 13.5. The van der Waals surface area contributed by atoms with Crippen molar-refractivity contribution in [3.8, 4) is 0 Å². The first kappa shape index (κ1) is 18.0. The summed E-state index contributed by atoms with van der Waals surface area (Å²) in [6.45, 7) is 5.86. The van der Waals surface area contributed by atoms with Crippen LogP contribution in [-0.4, -0.2) is 21.5 Å². The fraction of sp³-hybridized carbons (Fsp3) is 0.571. The standard InChI is InChI=1S/C14H22F2N2O2S/c1-9(2)5-10(3)18-21(19,20)13-7-11(8-17-4)6-12(15)14(13)16/h6-7,9-10,17-18H,5,8H2,1-4H3. The van der Waals surface area contributed by atoms with E-state index in [1.165, 1.54) is 0 Å². The highest BCUT2D eigenvalue weighted by Crippen LogP contribution is 2.21. The van der Waals surface area contributed by atoms with Gasteiger partial charge in [-0.05, 0) is 44.0 Å². The van der Waals surface area contributed by atoms with Gasteiger partial charge in [0, 0.05) is 12.6 Å². The maximum atomic E-state index is 13.8. The Labute approximate surface area is 125 Å². The molecule has 0 aliphatic carbocycles. The Morgan fingerprint density at radius 1 is 1.19 bits per heavy atom. The summed E-state index contributed by atoms with van der Waals surface area (Å²) < 4.78 is 54.2. The van der Waals surface area contributed by atoms with Crippen molar-refractivity contribution in [2.24, 2.45) is 5.92 Å². The second kappa shape index (κ2) is 7.29. The molecule has 0 amide bonds. The van der Waals surface area contributed by atoms with Gasteiger partial charge in [0.05, 0.1) is 0 Å². The topological polar surface area (TPSA) is 58.2 Å². The molecule has 1 aromatic rings. The van der Waals surface area contributed by atoms with Crippen molar-refractivity contribution in [1.82, 2.24) is 10.0 Å². The molecule has 0 heterocycles. The quantitative estimate of drug-likeness (QED) is 0.811. The minimum atomic E-state index is -4.09. The van der Waals surface area contributed by atoms with E-state index in [0.717, 1.165) is 12.1 Å². The number of hydrogen-bond donors (Lipinski definition) is 2. The summed E-state index contributed by atoms with van der Waals surface area (Å²) in [5.74, 6) is -2.22. The number of rotatable bonds is 7. The molecule has 21 heavy (non-hydrogen) atoms. The number of halogens is 2. The van der Waals surface area contributed by atoms with Crippen molar-refractivity contribution >= 4 is 10.0 Å². The Bertz CT molecular complexity index is 589. The molecule has 2 N–H and O–H groups in total. The van der Waals surface area contributed by atoms with Crippen LogP contribution in [0.2, 0.25) is 0 Å². The molecular weight excluding hydrogens is 298 g/mol. The monoisotopic (exact) mass is 320 g/mol. The van der Waals surface area contributed by atoms with E-state index >= 15 is 0 Å². The van der Waals surface area contributed by atoms with Gasteiger partial charge in [-0.15, -0.1) is 0 Å². The smallest absolute Gasteiger partial charge is 0.243 e. The van der Waals surface area contributed by atoms with E-state index in [9.17, 15) is 17.2 Å². The zero-order valence-electron chi connectivity index (χ0n) is 12.7. The molecule has 1 rings (SSSR count). The molecule has 0 aromatic heterocycles. The van der Waals surface area contributed by atoms with Crippen LogP contribution in [0.5, 0.6) is 0 Å². The van der Waals surface area contributed by atoms with Gasteiger partial charge >= 0.3 is 0 Å². The normalized spacial score (nSPS) is 13.7. The van der Waals surface area contributed by atoms with E-state index in [2.05, 4.69) is 10.0 Å². The molecule has 0 radical (unpaired) electrons. The molecule has 0 aliphatic rings. The van der Waals surface area contributed by atoms with Crippen LogP contribution in [0.4, 0.5) is 8.78 Å². The molecule has 0 bridgehead atoms. The summed E-state index contributed by atoms with van der Waals surface area (Å²) in [4.78, 5) is -0.650. The Morgan fingerprint density at radius 3 is 2.33 bits per heavy atom. The van der Waals surface area contributed by atoms with Crippen LogP contribution in [0, 0.1) is 17.6 Å². The number of hydrogen-bond acceptors (Lipinski definition) is 3. The summed E-state index contributed by atoms with van der Waals surface area (Å²) in [5, 5.41) is 2.77. The van der Waals surface area contributed by atoms with Crippen molar-refractivity contribution in [3.63, 3.8) is 0 Å². The summed E-state index contributed by atoms with van der Waals surface area (Å²) >= 11 is 0. The molecule has 1 aromatic carbocycles. The molecule has 1 atom stereocenters. The van der Waals surface area contributed by atoms with Gasteiger partial charge in [-0.25, -0.2) is 21.9 Å². The average molecular weight is 320 g/mol. The maximum Gasteiger partial charge on any atom is 0.243 e. The first-order chi connectivity index (χ1) is 9.67. The van der Waals surface area contributed by atoms with Gasteiger partial charge in [-0.2, -0.15) is 0 Å². The van der Waals surface area contributed by atoms with Gasteiger partial charge in [0.15, 0.2) is 11.6 Å². The van der Waals surface area contributed by atoms with Gasteiger partial charge in [0.25, 0.3) is 0 Å². The van der Waals surface area contributed by atoms with E-state index < -0.39 is 26.6 Å². The second-order valence-electron chi connectivity index (χ2n) is 5.57.